The third-order valence-electron chi connectivity index (χ3n) is 4.36. The van der Waals surface area contributed by atoms with Crippen molar-refractivity contribution in [1.29, 1.82) is 0 Å². The number of anilines is 1. The molecule has 0 aliphatic carbocycles. The van der Waals surface area contributed by atoms with E-state index in [0.717, 1.165) is 5.56 Å². The molecule has 0 saturated heterocycles. The van der Waals surface area contributed by atoms with Crippen molar-refractivity contribution in [1.82, 2.24) is 0 Å². The number of halogens is 2. The van der Waals surface area contributed by atoms with Crippen molar-refractivity contribution >= 4 is 24.0 Å². The van der Waals surface area contributed by atoms with Gasteiger partial charge < -0.3 is 20.1 Å². The van der Waals surface area contributed by atoms with Crippen molar-refractivity contribution in [3.05, 3.63) is 53.8 Å². The highest BCUT2D eigenvalue weighted by molar-refractivity contribution is 5.95. The minimum atomic E-state index is -0.362. The quantitative estimate of drug-likeness (QED) is 0.862. The lowest BCUT2D eigenvalue weighted by molar-refractivity contribution is -0.122. The van der Waals surface area contributed by atoms with E-state index in [-0.39, 0.29) is 42.9 Å². The Labute approximate surface area is 158 Å². The summed E-state index contributed by atoms with van der Waals surface area (Å²) in [5.74, 6) is 0.523. The molecule has 0 saturated carbocycles. The molecule has 0 radical (unpaired) electrons. The highest BCUT2D eigenvalue weighted by Crippen LogP contribution is 2.33. The molecular formula is C19H22ClFN2O3. The fourth-order valence-corrected chi connectivity index (χ4v) is 2.61. The maximum atomic E-state index is 13.3. The first-order chi connectivity index (χ1) is 12.0. The Morgan fingerprint density at radius 3 is 2.46 bits per heavy atom. The van der Waals surface area contributed by atoms with Crippen molar-refractivity contribution < 1.29 is 18.7 Å². The first-order valence-corrected chi connectivity index (χ1v) is 8.17. The van der Waals surface area contributed by atoms with E-state index < -0.39 is 0 Å². The third kappa shape index (κ3) is 4.26. The largest absolute Gasteiger partial charge is 0.454 e. The van der Waals surface area contributed by atoms with E-state index in [1.54, 1.807) is 30.9 Å². The van der Waals surface area contributed by atoms with Gasteiger partial charge in [0.25, 0.3) is 0 Å². The number of hydrogen-bond donors (Lipinski definition) is 1. The molecule has 5 nitrogen and oxygen atoms in total. The van der Waals surface area contributed by atoms with E-state index in [2.05, 4.69) is 0 Å². The molecular weight excluding hydrogens is 359 g/mol. The van der Waals surface area contributed by atoms with Crippen LogP contribution < -0.4 is 20.1 Å². The van der Waals surface area contributed by atoms with Crippen LogP contribution in [0.25, 0.3) is 0 Å². The fraction of sp³-hybridized carbons (Fsp3) is 0.316. The zero-order chi connectivity index (χ0) is 18.0. The van der Waals surface area contributed by atoms with Crippen molar-refractivity contribution in [3.8, 4) is 11.5 Å². The standard InChI is InChI=1S/C19H21FN2O3.ClH/c1-12(13(2)21)19(23)22(16-6-4-15(20)5-7-16)10-14-3-8-17-18(9-14)25-11-24-17;/h3-9,12-13H,10-11,21H2,1-2H3;1H. The fourth-order valence-electron chi connectivity index (χ4n) is 2.61. The molecule has 0 aromatic heterocycles. The highest BCUT2D eigenvalue weighted by atomic mass is 35.5. The van der Waals surface area contributed by atoms with Crippen molar-refractivity contribution in [2.75, 3.05) is 11.7 Å². The lowest BCUT2D eigenvalue weighted by atomic mass is 10.0. The topological polar surface area (TPSA) is 64.8 Å². The second-order valence-corrected chi connectivity index (χ2v) is 6.24. The lowest BCUT2D eigenvalue weighted by Gasteiger charge is -2.27. The average molecular weight is 381 g/mol. The summed E-state index contributed by atoms with van der Waals surface area (Å²) in [7, 11) is 0. The monoisotopic (exact) mass is 380 g/mol. The molecule has 1 aliphatic rings. The van der Waals surface area contributed by atoms with Gasteiger partial charge in [0.2, 0.25) is 12.7 Å². The highest BCUT2D eigenvalue weighted by Gasteiger charge is 2.25. The molecule has 1 amide bonds. The Morgan fingerprint density at radius 2 is 1.81 bits per heavy atom. The predicted molar refractivity (Wildman–Crippen MR) is 100 cm³/mol. The Kier molecular flexibility index (Phi) is 6.45. The van der Waals surface area contributed by atoms with Gasteiger partial charge >= 0.3 is 0 Å². The number of carbonyl (C=O) groups excluding carboxylic acids is 1. The normalized spacial score (nSPS) is 14.3. The van der Waals surface area contributed by atoms with Crippen molar-refractivity contribution in [2.45, 2.75) is 26.4 Å². The van der Waals surface area contributed by atoms with Crippen LogP contribution in [0.2, 0.25) is 0 Å². The van der Waals surface area contributed by atoms with Crippen LogP contribution in [-0.4, -0.2) is 18.7 Å². The molecule has 2 aromatic rings. The van der Waals surface area contributed by atoms with Crippen LogP contribution in [-0.2, 0) is 11.3 Å². The molecule has 140 valence electrons. The molecule has 1 heterocycles. The summed E-state index contributed by atoms with van der Waals surface area (Å²) in [6.45, 7) is 4.12. The number of hydrogen-bond acceptors (Lipinski definition) is 4. The molecule has 0 spiro atoms. The van der Waals surface area contributed by atoms with Crippen LogP contribution >= 0.6 is 12.4 Å². The van der Waals surface area contributed by atoms with Crippen LogP contribution in [0.1, 0.15) is 19.4 Å². The van der Waals surface area contributed by atoms with Gasteiger partial charge in [-0.2, -0.15) is 0 Å². The van der Waals surface area contributed by atoms with Crippen LogP contribution in [0, 0.1) is 11.7 Å². The summed E-state index contributed by atoms with van der Waals surface area (Å²) in [5.41, 5.74) is 7.41. The SMILES string of the molecule is CC(N)C(C)C(=O)N(Cc1ccc2c(c1)OCO2)c1ccc(F)cc1.Cl. The molecule has 2 unspecified atom stereocenters. The molecule has 1 aliphatic heterocycles. The van der Waals surface area contributed by atoms with Gasteiger partial charge in [0, 0.05) is 11.7 Å². The van der Waals surface area contributed by atoms with Gasteiger partial charge in [0.15, 0.2) is 11.5 Å². The third-order valence-corrected chi connectivity index (χ3v) is 4.36. The van der Waals surface area contributed by atoms with E-state index >= 15 is 0 Å². The van der Waals surface area contributed by atoms with E-state index in [4.69, 9.17) is 15.2 Å². The second-order valence-electron chi connectivity index (χ2n) is 6.24. The maximum absolute atomic E-state index is 13.3. The van der Waals surface area contributed by atoms with Crippen LogP contribution in [0.15, 0.2) is 42.5 Å². The minimum Gasteiger partial charge on any atom is -0.454 e. The van der Waals surface area contributed by atoms with E-state index in [0.29, 0.717) is 23.7 Å². The first kappa shape index (κ1) is 20.0. The molecule has 7 heteroatoms. The summed E-state index contributed by atoms with van der Waals surface area (Å²) < 4.78 is 24.0. The number of nitrogens with zero attached hydrogens (tertiary/aromatic N) is 1. The average Bonchev–Trinajstić information content (AvgIpc) is 3.07. The Morgan fingerprint density at radius 1 is 1.15 bits per heavy atom. The smallest absolute Gasteiger partial charge is 0.231 e. The van der Waals surface area contributed by atoms with Crippen LogP contribution in [0.5, 0.6) is 11.5 Å². The summed E-state index contributed by atoms with van der Waals surface area (Å²) in [6, 6.07) is 11.1. The Balaban J connectivity index is 0.00000243. The molecule has 2 N–H and O–H groups in total. The number of amides is 1. The molecule has 2 aromatic carbocycles. The van der Waals surface area contributed by atoms with Crippen molar-refractivity contribution in [3.63, 3.8) is 0 Å². The molecule has 26 heavy (non-hydrogen) atoms. The maximum Gasteiger partial charge on any atom is 0.231 e. The summed E-state index contributed by atoms with van der Waals surface area (Å²) in [4.78, 5) is 14.5. The molecule has 0 bridgehead atoms. The minimum absolute atomic E-state index is 0. The Hall–Kier alpha value is -2.31. The Bertz CT molecular complexity index is 768. The second kappa shape index (κ2) is 8.38. The zero-order valence-electron chi connectivity index (χ0n) is 14.6. The summed E-state index contributed by atoms with van der Waals surface area (Å²) in [6.07, 6.45) is 0. The molecule has 3 rings (SSSR count). The molecule has 0 fully saturated rings. The summed E-state index contributed by atoms with van der Waals surface area (Å²) in [5, 5.41) is 0. The number of carbonyl (C=O) groups is 1. The van der Waals surface area contributed by atoms with Gasteiger partial charge in [-0.05, 0) is 48.9 Å². The number of rotatable bonds is 5. The number of fused-ring (bicyclic) bond motifs is 1. The summed E-state index contributed by atoms with van der Waals surface area (Å²) >= 11 is 0. The predicted octanol–water partition coefficient (Wildman–Crippen LogP) is 3.49. The first-order valence-electron chi connectivity index (χ1n) is 8.17. The number of benzene rings is 2. The number of ether oxygens (including phenoxy) is 2. The number of nitrogens with two attached hydrogens (primary N) is 1. The van der Waals surface area contributed by atoms with Gasteiger partial charge in [0.05, 0.1) is 12.5 Å². The van der Waals surface area contributed by atoms with E-state index in [9.17, 15) is 9.18 Å². The van der Waals surface area contributed by atoms with Crippen LogP contribution in [0.3, 0.4) is 0 Å². The van der Waals surface area contributed by atoms with Gasteiger partial charge in [-0.3, -0.25) is 4.79 Å². The van der Waals surface area contributed by atoms with Crippen molar-refractivity contribution in [2.24, 2.45) is 11.7 Å². The van der Waals surface area contributed by atoms with Gasteiger partial charge in [0.1, 0.15) is 5.82 Å². The van der Waals surface area contributed by atoms with Crippen LogP contribution in [0.4, 0.5) is 10.1 Å². The molecule has 2 atom stereocenters. The van der Waals surface area contributed by atoms with E-state index in [1.807, 2.05) is 18.2 Å². The zero-order valence-corrected chi connectivity index (χ0v) is 15.5. The lowest BCUT2D eigenvalue weighted by Crippen LogP contribution is -2.41. The van der Waals surface area contributed by atoms with Gasteiger partial charge in [-0.25, -0.2) is 4.39 Å². The van der Waals surface area contributed by atoms with Gasteiger partial charge in [-0.15, -0.1) is 12.4 Å². The van der Waals surface area contributed by atoms with Gasteiger partial charge in [-0.1, -0.05) is 13.0 Å². The van der Waals surface area contributed by atoms with E-state index in [1.165, 1.54) is 12.1 Å².